The number of anilines is 1. The number of nitrogens with one attached hydrogen (secondary N) is 1. The maximum absolute atomic E-state index is 13.5. The lowest BCUT2D eigenvalue weighted by molar-refractivity contribution is 0.103. The van der Waals surface area contributed by atoms with Crippen LogP contribution in [0, 0.1) is 17.7 Å². The molecule has 1 heterocycles. The van der Waals surface area contributed by atoms with Gasteiger partial charge < -0.3 is 15.3 Å². The first kappa shape index (κ1) is 16.2. The topological polar surface area (TPSA) is 35.5 Å². The van der Waals surface area contributed by atoms with Crippen molar-refractivity contribution in [3.05, 3.63) is 29.6 Å². The Balaban J connectivity index is 2.11. The lowest BCUT2D eigenvalue weighted by Crippen LogP contribution is -2.43. The summed E-state index contributed by atoms with van der Waals surface area (Å²) in [5, 5.41) is 13.4. The standard InChI is InChI=1S/C17H27FN2O/c1-12(2)9-19-10-14-8-15(18)4-5-16(14)20-7-6-13(3)17(21)11-20/h4-5,8,12-13,17,19,21H,6-7,9-11H2,1-3H3. The Labute approximate surface area is 127 Å². The molecule has 0 radical (unpaired) electrons. The summed E-state index contributed by atoms with van der Waals surface area (Å²) >= 11 is 0. The zero-order valence-corrected chi connectivity index (χ0v) is 13.3. The number of nitrogens with zero attached hydrogens (tertiary/aromatic N) is 1. The zero-order chi connectivity index (χ0) is 15.4. The van der Waals surface area contributed by atoms with Gasteiger partial charge in [-0.3, -0.25) is 0 Å². The molecule has 118 valence electrons. The van der Waals surface area contributed by atoms with Crippen LogP contribution in [0.1, 0.15) is 32.8 Å². The molecule has 2 N–H and O–H groups in total. The van der Waals surface area contributed by atoms with Crippen molar-refractivity contribution in [3.63, 3.8) is 0 Å². The Hall–Kier alpha value is -1.13. The molecule has 21 heavy (non-hydrogen) atoms. The van der Waals surface area contributed by atoms with E-state index in [1.54, 1.807) is 6.07 Å². The number of piperidine rings is 1. The number of rotatable bonds is 5. The van der Waals surface area contributed by atoms with Gasteiger partial charge in [-0.15, -0.1) is 0 Å². The van der Waals surface area contributed by atoms with E-state index in [9.17, 15) is 9.50 Å². The Morgan fingerprint density at radius 1 is 1.43 bits per heavy atom. The molecule has 4 heteroatoms. The molecule has 1 fully saturated rings. The van der Waals surface area contributed by atoms with E-state index in [1.807, 2.05) is 6.07 Å². The Bertz CT molecular complexity index is 464. The molecule has 0 saturated carbocycles. The average molecular weight is 294 g/mol. The van der Waals surface area contributed by atoms with Crippen LogP contribution in [-0.2, 0) is 6.54 Å². The minimum Gasteiger partial charge on any atom is -0.391 e. The van der Waals surface area contributed by atoms with E-state index < -0.39 is 0 Å². The van der Waals surface area contributed by atoms with Gasteiger partial charge in [0.25, 0.3) is 0 Å². The van der Waals surface area contributed by atoms with Crippen molar-refractivity contribution in [2.45, 2.75) is 39.8 Å². The average Bonchev–Trinajstić information content (AvgIpc) is 2.42. The van der Waals surface area contributed by atoms with Crippen LogP contribution in [0.3, 0.4) is 0 Å². The molecule has 0 spiro atoms. The number of aliphatic hydroxyl groups excluding tert-OH is 1. The molecule has 1 aromatic carbocycles. The molecular weight excluding hydrogens is 267 g/mol. The van der Waals surface area contributed by atoms with Gasteiger partial charge in [-0.05, 0) is 48.6 Å². The summed E-state index contributed by atoms with van der Waals surface area (Å²) in [5.74, 6) is 0.704. The molecule has 1 aromatic rings. The van der Waals surface area contributed by atoms with Gasteiger partial charge in [0, 0.05) is 25.3 Å². The molecule has 2 atom stereocenters. The Kier molecular flexibility index (Phi) is 5.59. The highest BCUT2D eigenvalue weighted by Gasteiger charge is 2.25. The number of hydrogen-bond acceptors (Lipinski definition) is 3. The second-order valence-electron chi connectivity index (χ2n) is 6.58. The van der Waals surface area contributed by atoms with E-state index in [0.717, 1.165) is 30.8 Å². The number of aliphatic hydroxyl groups is 1. The maximum atomic E-state index is 13.5. The smallest absolute Gasteiger partial charge is 0.123 e. The molecule has 2 unspecified atom stereocenters. The number of hydrogen-bond donors (Lipinski definition) is 2. The highest BCUT2D eigenvalue weighted by molar-refractivity contribution is 5.54. The third kappa shape index (κ3) is 4.42. The van der Waals surface area contributed by atoms with Crippen LogP contribution < -0.4 is 10.2 Å². The first-order chi connectivity index (χ1) is 9.97. The molecule has 1 aliphatic rings. The fourth-order valence-electron chi connectivity index (χ4n) is 2.77. The monoisotopic (exact) mass is 294 g/mol. The molecule has 0 amide bonds. The summed E-state index contributed by atoms with van der Waals surface area (Å²) in [6, 6.07) is 4.95. The molecule has 0 bridgehead atoms. The number of benzene rings is 1. The van der Waals surface area contributed by atoms with Gasteiger partial charge >= 0.3 is 0 Å². The van der Waals surface area contributed by atoms with E-state index in [0.29, 0.717) is 24.9 Å². The molecule has 1 saturated heterocycles. The van der Waals surface area contributed by atoms with Crippen LogP contribution in [0.25, 0.3) is 0 Å². The third-order valence-corrected chi connectivity index (χ3v) is 4.17. The summed E-state index contributed by atoms with van der Waals surface area (Å²) in [6.45, 7) is 9.51. The quantitative estimate of drug-likeness (QED) is 0.876. The summed E-state index contributed by atoms with van der Waals surface area (Å²) in [7, 11) is 0. The van der Waals surface area contributed by atoms with Crippen molar-refractivity contribution in [3.8, 4) is 0 Å². The summed E-state index contributed by atoms with van der Waals surface area (Å²) in [5.41, 5.74) is 2.01. The fraction of sp³-hybridized carbons (Fsp3) is 0.647. The number of β-amino-alcohol motifs (C(OH)–C–C–N with tert-alkyl or cyclic N) is 1. The minimum absolute atomic E-state index is 0.203. The van der Waals surface area contributed by atoms with Gasteiger partial charge in [0.05, 0.1) is 6.10 Å². The van der Waals surface area contributed by atoms with Crippen molar-refractivity contribution in [1.82, 2.24) is 5.32 Å². The maximum Gasteiger partial charge on any atom is 0.123 e. The van der Waals surface area contributed by atoms with Crippen LogP contribution in [0.2, 0.25) is 0 Å². The predicted octanol–water partition coefficient (Wildman–Crippen LogP) is 2.78. The minimum atomic E-state index is -0.305. The first-order valence-corrected chi connectivity index (χ1v) is 7.89. The van der Waals surface area contributed by atoms with E-state index in [4.69, 9.17) is 0 Å². The van der Waals surface area contributed by atoms with Crippen molar-refractivity contribution >= 4 is 5.69 Å². The van der Waals surface area contributed by atoms with Gasteiger partial charge in [-0.2, -0.15) is 0 Å². The highest BCUT2D eigenvalue weighted by atomic mass is 19.1. The SMILES string of the molecule is CC(C)CNCc1cc(F)ccc1N1CCC(C)C(O)C1. The van der Waals surface area contributed by atoms with Gasteiger partial charge in [0.2, 0.25) is 0 Å². The van der Waals surface area contributed by atoms with Gasteiger partial charge in [0.1, 0.15) is 5.82 Å². The van der Waals surface area contributed by atoms with E-state index in [1.165, 1.54) is 6.07 Å². The normalized spacial score (nSPS) is 22.9. The van der Waals surface area contributed by atoms with E-state index in [2.05, 4.69) is 31.0 Å². The largest absolute Gasteiger partial charge is 0.391 e. The van der Waals surface area contributed by atoms with Crippen LogP contribution >= 0.6 is 0 Å². The number of halogens is 1. The molecular formula is C17H27FN2O. The summed E-state index contributed by atoms with van der Waals surface area (Å²) < 4.78 is 13.5. The van der Waals surface area contributed by atoms with Gasteiger partial charge in [-0.25, -0.2) is 4.39 Å². The first-order valence-electron chi connectivity index (χ1n) is 7.89. The van der Waals surface area contributed by atoms with Crippen LogP contribution in [0.15, 0.2) is 18.2 Å². The molecule has 1 aliphatic heterocycles. The summed E-state index contributed by atoms with van der Waals surface area (Å²) in [4.78, 5) is 2.18. The second-order valence-corrected chi connectivity index (χ2v) is 6.58. The highest BCUT2D eigenvalue weighted by Crippen LogP contribution is 2.27. The Morgan fingerprint density at radius 2 is 2.19 bits per heavy atom. The van der Waals surface area contributed by atoms with Crippen molar-refractivity contribution in [2.75, 3.05) is 24.5 Å². The summed E-state index contributed by atoms with van der Waals surface area (Å²) in [6.07, 6.45) is 0.664. The fourth-order valence-corrected chi connectivity index (χ4v) is 2.77. The zero-order valence-electron chi connectivity index (χ0n) is 13.3. The van der Waals surface area contributed by atoms with Crippen LogP contribution in [-0.4, -0.2) is 30.8 Å². The molecule has 0 aromatic heterocycles. The van der Waals surface area contributed by atoms with E-state index in [-0.39, 0.29) is 11.9 Å². The Morgan fingerprint density at radius 3 is 2.86 bits per heavy atom. The predicted molar refractivity (Wildman–Crippen MR) is 84.9 cm³/mol. The molecule has 0 aliphatic carbocycles. The third-order valence-electron chi connectivity index (χ3n) is 4.17. The van der Waals surface area contributed by atoms with Gasteiger partial charge in [-0.1, -0.05) is 20.8 Å². The lowest BCUT2D eigenvalue weighted by atomic mass is 9.95. The van der Waals surface area contributed by atoms with Crippen molar-refractivity contribution < 1.29 is 9.50 Å². The molecule has 2 rings (SSSR count). The van der Waals surface area contributed by atoms with Crippen LogP contribution in [0.4, 0.5) is 10.1 Å². The second kappa shape index (κ2) is 7.23. The van der Waals surface area contributed by atoms with Crippen molar-refractivity contribution in [1.29, 1.82) is 0 Å². The van der Waals surface area contributed by atoms with Gasteiger partial charge in [0.15, 0.2) is 0 Å². The van der Waals surface area contributed by atoms with E-state index >= 15 is 0 Å². The lowest BCUT2D eigenvalue weighted by Gasteiger charge is -2.37. The van der Waals surface area contributed by atoms with Crippen LogP contribution in [0.5, 0.6) is 0 Å². The molecule has 3 nitrogen and oxygen atoms in total. The van der Waals surface area contributed by atoms with Crippen molar-refractivity contribution in [2.24, 2.45) is 11.8 Å².